The van der Waals surface area contributed by atoms with Gasteiger partial charge in [0.25, 0.3) is 0 Å². The molecule has 3 aromatic carbocycles. The third-order valence-corrected chi connectivity index (χ3v) is 6.56. The summed E-state index contributed by atoms with van der Waals surface area (Å²) in [4.78, 5) is 12.9. The van der Waals surface area contributed by atoms with Gasteiger partial charge in [-0.25, -0.2) is 0 Å². The fourth-order valence-corrected chi connectivity index (χ4v) is 4.96. The highest BCUT2D eigenvalue weighted by Crippen LogP contribution is 2.26. The average molecular weight is 475 g/mol. The van der Waals surface area contributed by atoms with E-state index in [1.807, 2.05) is 84.6 Å². The van der Waals surface area contributed by atoms with E-state index >= 15 is 0 Å². The van der Waals surface area contributed by atoms with Gasteiger partial charge < -0.3 is 12.7 Å². The Hall–Kier alpha value is -4.18. The number of pyridine rings is 3. The number of hydrogen-bond donors (Lipinski definition) is 1. The Balaban J connectivity index is 0.000000192. The standard InChI is InChI=1S/3C9H7NO.CH3.Al/c3*11-8-5-1-3-7-4-2-6-10-9(7)8;;/h3*1-6,11H;1H3;/q;;;;+2/p-2. The first-order chi connectivity index (χ1) is 17.2. The molecule has 0 aliphatic carbocycles. The van der Waals surface area contributed by atoms with Crippen LogP contribution >= 0.6 is 0 Å². The molecule has 3 heterocycles. The minimum absolute atomic E-state index is 0.239. The predicted octanol–water partition coefficient (Wildman–Crippen LogP) is 6.30. The number of phenolic OH excluding ortho intramolecular Hbond substituents is 1. The van der Waals surface area contributed by atoms with E-state index in [1.165, 1.54) is 0 Å². The van der Waals surface area contributed by atoms with Crippen molar-refractivity contribution in [2.45, 2.75) is 5.79 Å². The van der Waals surface area contributed by atoms with Crippen molar-refractivity contribution in [2.24, 2.45) is 0 Å². The van der Waals surface area contributed by atoms with E-state index in [-0.39, 0.29) is 5.75 Å². The van der Waals surface area contributed by atoms with Gasteiger partial charge in [-0.2, -0.15) is 0 Å². The lowest BCUT2D eigenvalue weighted by Gasteiger charge is -2.15. The maximum atomic E-state index is 9.31. The van der Waals surface area contributed by atoms with Gasteiger partial charge in [0.1, 0.15) is 33.8 Å². The molecule has 0 saturated heterocycles. The Morgan fingerprint density at radius 1 is 0.543 bits per heavy atom. The van der Waals surface area contributed by atoms with Crippen molar-refractivity contribution in [1.29, 1.82) is 0 Å². The van der Waals surface area contributed by atoms with Crippen molar-refractivity contribution in [3.8, 4) is 17.2 Å². The third kappa shape index (κ3) is 5.17. The number of fused-ring (bicyclic) bond motifs is 3. The van der Waals surface area contributed by atoms with Crippen LogP contribution in [0.15, 0.2) is 110 Å². The number of hydrogen-bond acceptors (Lipinski definition) is 6. The highest BCUT2D eigenvalue weighted by molar-refractivity contribution is 6.45. The van der Waals surface area contributed by atoms with E-state index in [0.29, 0.717) is 5.52 Å². The molecule has 0 unspecified atom stereocenters. The van der Waals surface area contributed by atoms with Crippen LogP contribution in [0.5, 0.6) is 17.2 Å². The molecule has 1 N–H and O–H groups in total. The van der Waals surface area contributed by atoms with Gasteiger partial charge >= 0.3 is 14.8 Å². The Bertz CT molecular complexity index is 1510. The van der Waals surface area contributed by atoms with Gasteiger partial charge in [0, 0.05) is 34.7 Å². The first-order valence-corrected chi connectivity index (χ1v) is 13.3. The summed E-state index contributed by atoms with van der Waals surface area (Å²) in [6.45, 7) is 0. The normalized spacial score (nSPS) is 10.5. The lowest BCUT2D eigenvalue weighted by molar-refractivity contribution is 0.435. The Labute approximate surface area is 207 Å². The summed E-state index contributed by atoms with van der Waals surface area (Å²) in [6, 6.07) is 28.9. The zero-order valence-corrected chi connectivity index (χ0v) is 20.2. The highest BCUT2D eigenvalue weighted by Gasteiger charge is 2.26. The van der Waals surface area contributed by atoms with Crippen LogP contribution in [0.3, 0.4) is 0 Å². The maximum Gasteiger partial charge on any atom is 0.853 e. The van der Waals surface area contributed by atoms with Gasteiger partial charge in [-0.15, -0.1) is 0 Å². The van der Waals surface area contributed by atoms with Crippen molar-refractivity contribution >= 4 is 47.5 Å². The van der Waals surface area contributed by atoms with E-state index < -0.39 is 14.8 Å². The van der Waals surface area contributed by atoms with Crippen LogP contribution in [0.4, 0.5) is 0 Å². The molecule has 0 aliphatic rings. The smallest absolute Gasteiger partial charge is 0.610 e. The molecule has 0 amide bonds. The van der Waals surface area contributed by atoms with Crippen LogP contribution in [0.2, 0.25) is 5.79 Å². The monoisotopic (exact) mass is 475 g/mol. The zero-order valence-electron chi connectivity index (χ0n) is 19.1. The molecule has 3 aromatic heterocycles. The topological polar surface area (TPSA) is 77.4 Å². The summed E-state index contributed by atoms with van der Waals surface area (Å²) >= 11 is -1.95. The lowest BCUT2D eigenvalue weighted by Crippen LogP contribution is -2.26. The van der Waals surface area contributed by atoms with Gasteiger partial charge in [0.2, 0.25) is 0 Å². The van der Waals surface area contributed by atoms with Crippen LogP contribution in [0.1, 0.15) is 0 Å². The minimum Gasteiger partial charge on any atom is -0.610 e. The molecule has 0 bridgehead atoms. The molecule has 7 heteroatoms. The van der Waals surface area contributed by atoms with E-state index in [1.54, 1.807) is 30.7 Å². The molecule has 6 aromatic rings. The zero-order chi connectivity index (χ0) is 24.0. The summed E-state index contributed by atoms with van der Waals surface area (Å²) in [5.74, 6) is 3.77. The van der Waals surface area contributed by atoms with Gasteiger partial charge in [-0.05, 0) is 42.2 Å². The molecular formula is C28H22AlN3O3. The minimum atomic E-state index is -1.95. The summed E-state index contributed by atoms with van der Waals surface area (Å²) in [5.41, 5.74) is 2.38. The number of nitrogens with zero attached hydrogens (tertiary/aromatic N) is 3. The van der Waals surface area contributed by atoms with Crippen molar-refractivity contribution in [3.63, 3.8) is 0 Å². The Morgan fingerprint density at radius 3 is 1.43 bits per heavy atom. The molecule has 0 atom stereocenters. The number of rotatable bonds is 4. The summed E-state index contributed by atoms with van der Waals surface area (Å²) in [5, 5.41) is 12.4. The Morgan fingerprint density at radius 2 is 0.943 bits per heavy atom. The third-order valence-electron chi connectivity index (χ3n) is 5.39. The number of aromatic hydroxyl groups is 1. The molecule has 6 rings (SSSR count). The van der Waals surface area contributed by atoms with Crippen LogP contribution < -0.4 is 7.58 Å². The predicted molar refractivity (Wildman–Crippen MR) is 140 cm³/mol. The summed E-state index contributed by atoms with van der Waals surface area (Å²) in [6.07, 6.45) is 5.22. The van der Waals surface area contributed by atoms with Crippen molar-refractivity contribution in [1.82, 2.24) is 15.0 Å². The van der Waals surface area contributed by atoms with Gasteiger partial charge in [0.05, 0.1) is 0 Å². The van der Waals surface area contributed by atoms with E-state index in [4.69, 9.17) is 7.58 Å². The molecule has 170 valence electrons. The number of aromatic nitrogens is 3. The van der Waals surface area contributed by atoms with Crippen LogP contribution in [-0.4, -0.2) is 34.9 Å². The number of benzene rings is 3. The maximum absolute atomic E-state index is 9.31. The Kier molecular flexibility index (Phi) is 6.71. The number of para-hydroxylation sites is 3. The lowest BCUT2D eigenvalue weighted by atomic mass is 10.2. The molecule has 0 aliphatic heterocycles. The largest absolute Gasteiger partial charge is 0.853 e. The first kappa shape index (κ1) is 22.6. The van der Waals surface area contributed by atoms with E-state index in [9.17, 15) is 5.11 Å². The summed E-state index contributed by atoms with van der Waals surface area (Å²) in [7, 11) is 0. The molecule has 0 saturated carbocycles. The van der Waals surface area contributed by atoms with Crippen molar-refractivity contribution in [3.05, 3.63) is 110 Å². The van der Waals surface area contributed by atoms with Gasteiger partial charge in [-0.1, -0.05) is 54.6 Å². The molecular weight excluding hydrogens is 453 g/mol. The first-order valence-electron chi connectivity index (χ1n) is 11.2. The number of phenols is 1. The molecule has 6 nitrogen and oxygen atoms in total. The van der Waals surface area contributed by atoms with Gasteiger partial charge in [-0.3, -0.25) is 15.0 Å². The van der Waals surface area contributed by atoms with E-state index in [2.05, 4.69) is 15.0 Å². The SMILES string of the molecule is Oc1cccc2cccnc12.[CH3][Al]([O]c1cccc2cccnc12)[O]c1cccc2cccnc12. The molecule has 0 radical (unpaired) electrons. The molecule has 0 fully saturated rings. The second-order valence-electron chi connectivity index (χ2n) is 7.82. The van der Waals surface area contributed by atoms with Crippen molar-refractivity contribution in [2.75, 3.05) is 0 Å². The van der Waals surface area contributed by atoms with Crippen LogP contribution in [-0.2, 0) is 0 Å². The fraction of sp³-hybridized carbons (Fsp3) is 0.0357. The van der Waals surface area contributed by atoms with Crippen LogP contribution in [0.25, 0.3) is 32.7 Å². The molecule has 35 heavy (non-hydrogen) atoms. The highest BCUT2D eigenvalue weighted by atomic mass is 27.2. The second kappa shape index (κ2) is 10.4. The van der Waals surface area contributed by atoms with E-state index in [0.717, 1.165) is 38.7 Å². The quantitative estimate of drug-likeness (QED) is 0.302. The van der Waals surface area contributed by atoms with Crippen molar-refractivity contribution < 1.29 is 12.7 Å². The average Bonchev–Trinajstić information content (AvgIpc) is 2.90. The van der Waals surface area contributed by atoms with Crippen LogP contribution in [0, 0.1) is 0 Å². The fourth-order valence-electron chi connectivity index (χ4n) is 3.81. The van der Waals surface area contributed by atoms with Gasteiger partial charge in [0.15, 0.2) is 0 Å². The molecule has 0 spiro atoms. The summed E-state index contributed by atoms with van der Waals surface area (Å²) < 4.78 is 12.2. The second-order valence-corrected chi connectivity index (χ2v) is 9.42.